The second-order valence-electron chi connectivity index (χ2n) is 4.69. The summed E-state index contributed by atoms with van der Waals surface area (Å²) in [6, 6.07) is 13.1. The van der Waals surface area contributed by atoms with Gasteiger partial charge in [-0.3, -0.25) is 4.79 Å². The third-order valence-electron chi connectivity index (χ3n) is 2.95. The lowest BCUT2D eigenvalue weighted by atomic mass is 10.1. The van der Waals surface area contributed by atoms with Crippen LogP contribution in [-0.2, 0) is 0 Å². The minimum Gasteiger partial charge on any atom is -0.397 e. The van der Waals surface area contributed by atoms with Gasteiger partial charge in [0.15, 0.2) is 0 Å². The number of benzene rings is 2. The third kappa shape index (κ3) is 4.23. The first kappa shape index (κ1) is 15.4. The highest BCUT2D eigenvalue weighted by atomic mass is 79.9. The molecule has 1 amide bonds. The maximum Gasteiger partial charge on any atom is 0.251 e. The van der Waals surface area contributed by atoms with Crippen LogP contribution in [0.2, 0.25) is 0 Å². The molecule has 0 aliphatic carbocycles. The number of nitrogens with two attached hydrogens (primary N) is 1. The van der Waals surface area contributed by atoms with Crippen molar-refractivity contribution >= 4 is 38.9 Å². The number of carbonyl (C=O) groups is 1. The van der Waals surface area contributed by atoms with Crippen molar-refractivity contribution < 1.29 is 4.79 Å². The van der Waals surface area contributed by atoms with E-state index in [-0.39, 0.29) is 5.91 Å². The lowest BCUT2D eigenvalue weighted by Crippen LogP contribution is -2.24. The van der Waals surface area contributed by atoms with Gasteiger partial charge in [-0.05, 0) is 42.8 Å². The Morgan fingerprint density at radius 3 is 2.71 bits per heavy atom. The monoisotopic (exact) mass is 347 g/mol. The van der Waals surface area contributed by atoms with E-state index in [4.69, 9.17) is 5.73 Å². The predicted octanol–water partition coefficient (Wildman–Crippen LogP) is 3.91. The van der Waals surface area contributed by atoms with Crippen LogP contribution in [0.5, 0.6) is 0 Å². The molecule has 4 N–H and O–H groups in total. The summed E-state index contributed by atoms with van der Waals surface area (Å²) in [7, 11) is 0. The second-order valence-corrected chi connectivity index (χ2v) is 5.61. The van der Waals surface area contributed by atoms with Crippen LogP contribution in [-0.4, -0.2) is 12.5 Å². The molecule has 0 bridgehead atoms. The fourth-order valence-electron chi connectivity index (χ4n) is 1.88. The fourth-order valence-corrected chi connectivity index (χ4v) is 2.28. The smallest absolute Gasteiger partial charge is 0.251 e. The van der Waals surface area contributed by atoms with Crippen LogP contribution >= 0.6 is 15.9 Å². The van der Waals surface area contributed by atoms with Gasteiger partial charge in [0.05, 0.1) is 11.4 Å². The molecule has 5 heteroatoms. The molecule has 0 unspecified atom stereocenters. The number of carbonyl (C=O) groups excluding carboxylic acids is 1. The molecule has 2 aromatic carbocycles. The molecule has 2 rings (SSSR count). The molecular weight excluding hydrogens is 330 g/mol. The molecule has 0 atom stereocenters. The summed E-state index contributed by atoms with van der Waals surface area (Å²) in [5.41, 5.74) is 8.84. The van der Waals surface area contributed by atoms with Crippen molar-refractivity contribution in [2.24, 2.45) is 0 Å². The van der Waals surface area contributed by atoms with Gasteiger partial charge in [0.25, 0.3) is 5.91 Å². The van der Waals surface area contributed by atoms with E-state index in [0.29, 0.717) is 17.8 Å². The minimum absolute atomic E-state index is 0.0995. The molecule has 0 radical (unpaired) electrons. The topological polar surface area (TPSA) is 67.2 Å². The van der Waals surface area contributed by atoms with Crippen molar-refractivity contribution in [3.63, 3.8) is 0 Å². The van der Waals surface area contributed by atoms with Gasteiger partial charge in [0.2, 0.25) is 0 Å². The van der Waals surface area contributed by atoms with Crippen molar-refractivity contribution in [2.75, 3.05) is 17.6 Å². The van der Waals surface area contributed by atoms with Crippen LogP contribution in [0.15, 0.2) is 46.9 Å². The maximum atomic E-state index is 11.9. The van der Waals surface area contributed by atoms with Crippen LogP contribution in [0.25, 0.3) is 0 Å². The molecule has 0 saturated heterocycles. The summed E-state index contributed by atoms with van der Waals surface area (Å²) < 4.78 is 0.988. The highest BCUT2D eigenvalue weighted by molar-refractivity contribution is 9.10. The highest BCUT2D eigenvalue weighted by Gasteiger charge is 2.07. The van der Waals surface area contributed by atoms with E-state index in [9.17, 15) is 4.79 Å². The molecule has 0 aliphatic rings. The molecule has 0 heterocycles. The van der Waals surface area contributed by atoms with Crippen LogP contribution < -0.4 is 16.4 Å². The zero-order valence-electron chi connectivity index (χ0n) is 11.8. The average molecular weight is 348 g/mol. The number of anilines is 3. The fraction of sp³-hybridized carbons (Fsp3) is 0.188. The summed E-state index contributed by atoms with van der Waals surface area (Å²) in [4.78, 5) is 11.9. The number of rotatable bonds is 5. The Hall–Kier alpha value is -2.01. The Balaban J connectivity index is 2.14. The summed E-state index contributed by atoms with van der Waals surface area (Å²) >= 11 is 3.42. The van der Waals surface area contributed by atoms with Crippen LogP contribution in [0.3, 0.4) is 0 Å². The summed E-state index contributed by atoms with van der Waals surface area (Å²) in [6.45, 7) is 2.68. The van der Waals surface area contributed by atoms with Crippen LogP contribution in [0.4, 0.5) is 17.1 Å². The van der Waals surface area contributed by atoms with Crippen LogP contribution in [0.1, 0.15) is 23.7 Å². The molecule has 0 saturated carbocycles. The van der Waals surface area contributed by atoms with Gasteiger partial charge in [-0.1, -0.05) is 28.9 Å². The van der Waals surface area contributed by atoms with Gasteiger partial charge in [-0.25, -0.2) is 0 Å². The number of hydrogen-bond acceptors (Lipinski definition) is 3. The molecule has 0 fully saturated rings. The summed E-state index contributed by atoms with van der Waals surface area (Å²) in [5, 5.41) is 6.07. The maximum absolute atomic E-state index is 11.9. The van der Waals surface area contributed by atoms with E-state index in [1.165, 1.54) is 0 Å². The molecule has 0 aromatic heterocycles. The first-order valence-corrected chi connectivity index (χ1v) is 7.59. The molecule has 0 aliphatic heterocycles. The van der Waals surface area contributed by atoms with E-state index < -0.39 is 0 Å². The number of nitrogens with one attached hydrogen (secondary N) is 2. The molecule has 110 valence electrons. The lowest BCUT2D eigenvalue weighted by molar-refractivity contribution is 0.0953. The van der Waals surface area contributed by atoms with Gasteiger partial charge in [0.1, 0.15) is 0 Å². The summed E-state index contributed by atoms with van der Waals surface area (Å²) in [5.74, 6) is -0.0995. The van der Waals surface area contributed by atoms with E-state index in [1.807, 2.05) is 37.3 Å². The van der Waals surface area contributed by atoms with Gasteiger partial charge in [0, 0.05) is 22.3 Å². The van der Waals surface area contributed by atoms with E-state index in [1.54, 1.807) is 12.1 Å². The van der Waals surface area contributed by atoms with E-state index in [0.717, 1.165) is 22.3 Å². The van der Waals surface area contributed by atoms with E-state index in [2.05, 4.69) is 26.6 Å². The first-order valence-electron chi connectivity index (χ1n) is 6.80. The van der Waals surface area contributed by atoms with E-state index >= 15 is 0 Å². The zero-order valence-corrected chi connectivity index (χ0v) is 13.4. The second kappa shape index (κ2) is 7.13. The standard InChI is InChI=1S/C16H18BrN3O/c1-2-8-19-16(21)11-6-7-15(14(18)9-11)20-13-5-3-4-12(17)10-13/h3-7,9-10,20H,2,8,18H2,1H3,(H,19,21). The number of hydrogen-bond donors (Lipinski definition) is 3. The molecular formula is C16H18BrN3O. The number of halogens is 1. The number of amides is 1. The van der Waals surface area contributed by atoms with Crippen molar-refractivity contribution in [2.45, 2.75) is 13.3 Å². The average Bonchev–Trinajstić information content (AvgIpc) is 2.47. The Bertz CT molecular complexity index is 643. The predicted molar refractivity (Wildman–Crippen MR) is 90.9 cm³/mol. The molecule has 4 nitrogen and oxygen atoms in total. The molecule has 21 heavy (non-hydrogen) atoms. The molecule has 0 spiro atoms. The van der Waals surface area contributed by atoms with Gasteiger partial charge in [-0.2, -0.15) is 0 Å². The Morgan fingerprint density at radius 1 is 1.24 bits per heavy atom. The third-order valence-corrected chi connectivity index (χ3v) is 3.45. The Kier molecular flexibility index (Phi) is 5.22. The minimum atomic E-state index is -0.0995. The largest absolute Gasteiger partial charge is 0.397 e. The van der Waals surface area contributed by atoms with Crippen LogP contribution in [0, 0.1) is 0 Å². The SMILES string of the molecule is CCCNC(=O)c1ccc(Nc2cccc(Br)c2)c(N)c1. The van der Waals surface area contributed by atoms with Gasteiger partial charge >= 0.3 is 0 Å². The van der Waals surface area contributed by atoms with Gasteiger partial charge in [-0.15, -0.1) is 0 Å². The van der Waals surface area contributed by atoms with Crippen molar-refractivity contribution in [1.29, 1.82) is 0 Å². The Morgan fingerprint density at radius 2 is 2.05 bits per heavy atom. The Labute approximate surface area is 132 Å². The number of nitrogen functional groups attached to an aromatic ring is 1. The molecule has 2 aromatic rings. The highest BCUT2D eigenvalue weighted by Crippen LogP contribution is 2.25. The first-order chi connectivity index (χ1) is 10.1. The van der Waals surface area contributed by atoms with Crippen molar-refractivity contribution in [3.05, 3.63) is 52.5 Å². The zero-order chi connectivity index (χ0) is 15.2. The van der Waals surface area contributed by atoms with Crippen molar-refractivity contribution in [1.82, 2.24) is 5.32 Å². The quantitative estimate of drug-likeness (QED) is 0.718. The van der Waals surface area contributed by atoms with Gasteiger partial charge < -0.3 is 16.4 Å². The van der Waals surface area contributed by atoms with Crippen molar-refractivity contribution in [3.8, 4) is 0 Å². The summed E-state index contributed by atoms with van der Waals surface area (Å²) in [6.07, 6.45) is 0.906. The lowest BCUT2D eigenvalue weighted by Gasteiger charge is -2.11. The normalized spacial score (nSPS) is 10.2.